The van der Waals surface area contributed by atoms with Crippen LogP contribution in [0.15, 0.2) is 24.3 Å². The molecule has 1 aliphatic carbocycles. The van der Waals surface area contributed by atoms with Gasteiger partial charge in [0, 0.05) is 13.1 Å². The lowest BCUT2D eigenvalue weighted by molar-refractivity contribution is 0.443. The van der Waals surface area contributed by atoms with Crippen molar-refractivity contribution in [2.45, 2.75) is 39.2 Å². The molecule has 1 aromatic rings. The molecule has 0 aromatic heterocycles. The van der Waals surface area contributed by atoms with E-state index in [1.54, 1.807) is 0 Å². The van der Waals surface area contributed by atoms with E-state index in [-0.39, 0.29) is 0 Å². The van der Waals surface area contributed by atoms with Crippen LogP contribution in [0.1, 0.15) is 37.3 Å². The molecule has 2 nitrogen and oxygen atoms in total. The maximum absolute atomic E-state index is 5.54. The Hall–Kier alpha value is -0.860. The van der Waals surface area contributed by atoms with Gasteiger partial charge < -0.3 is 11.1 Å². The van der Waals surface area contributed by atoms with E-state index in [1.807, 2.05) is 0 Å². The van der Waals surface area contributed by atoms with Crippen LogP contribution in [-0.2, 0) is 13.0 Å². The van der Waals surface area contributed by atoms with Gasteiger partial charge in [0.15, 0.2) is 0 Å². The number of nitrogens with two attached hydrogens (primary N) is 1. The van der Waals surface area contributed by atoms with Crippen molar-refractivity contribution in [1.29, 1.82) is 0 Å². The molecule has 2 heteroatoms. The Kier molecular flexibility index (Phi) is 4.19. The van der Waals surface area contributed by atoms with Crippen molar-refractivity contribution in [3.63, 3.8) is 0 Å². The number of hydrogen-bond acceptors (Lipinski definition) is 2. The predicted octanol–water partition coefficient (Wildman–Crippen LogP) is 2.47. The summed E-state index contributed by atoms with van der Waals surface area (Å²) in [4.78, 5) is 0. The molecule has 1 fully saturated rings. The van der Waals surface area contributed by atoms with E-state index in [2.05, 4.69) is 36.5 Å². The zero-order chi connectivity index (χ0) is 12.1. The highest BCUT2D eigenvalue weighted by molar-refractivity contribution is 5.22. The van der Waals surface area contributed by atoms with Gasteiger partial charge in [-0.15, -0.1) is 0 Å². The lowest BCUT2D eigenvalue weighted by Crippen LogP contribution is -2.23. The zero-order valence-corrected chi connectivity index (χ0v) is 10.8. The fraction of sp³-hybridized carbons (Fsp3) is 0.600. The van der Waals surface area contributed by atoms with Crippen molar-refractivity contribution in [2.24, 2.45) is 11.1 Å². The summed E-state index contributed by atoms with van der Waals surface area (Å²) in [5.41, 5.74) is 8.88. The lowest BCUT2D eigenvalue weighted by Gasteiger charge is -2.13. The van der Waals surface area contributed by atoms with Crippen LogP contribution in [0.3, 0.4) is 0 Å². The van der Waals surface area contributed by atoms with Crippen LogP contribution in [0.4, 0.5) is 0 Å². The van der Waals surface area contributed by atoms with E-state index in [0.717, 1.165) is 19.5 Å². The van der Waals surface area contributed by atoms with Crippen LogP contribution in [0.2, 0.25) is 0 Å². The normalized spacial score (nSPS) is 17.1. The van der Waals surface area contributed by atoms with Crippen LogP contribution in [0.25, 0.3) is 0 Å². The minimum Gasteiger partial charge on any atom is -0.330 e. The third kappa shape index (κ3) is 3.55. The second-order valence-corrected chi connectivity index (χ2v) is 5.31. The molecule has 3 N–H and O–H groups in total. The molecule has 0 radical (unpaired) electrons. The van der Waals surface area contributed by atoms with Gasteiger partial charge in [-0.1, -0.05) is 31.2 Å². The summed E-state index contributed by atoms with van der Waals surface area (Å²) < 4.78 is 0. The lowest BCUT2D eigenvalue weighted by atomic mass is 10.0. The van der Waals surface area contributed by atoms with E-state index in [0.29, 0.717) is 5.41 Å². The zero-order valence-electron chi connectivity index (χ0n) is 10.8. The molecule has 0 spiro atoms. The van der Waals surface area contributed by atoms with Crippen molar-refractivity contribution in [1.82, 2.24) is 5.32 Å². The molecule has 0 bridgehead atoms. The monoisotopic (exact) mass is 232 g/mol. The van der Waals surface area contributed by atoms with E-state index in [1.165, 1.54) is 36.9 Å². The molecular weight excluding hydrogens is 208 g/mol. The molecule has 0 heterocycles. The summed E-state index contributed by atoms with van der Waals surface area (Å²) in [5, 5.41) is 3.58. The second kappa shape index (κ2) is 5.65. The van der Waals surface area contributed by atoms with Crippen LogP contribution in [0, 0.1) is 5.41 Å². The molecule has 1 aliphatic rings. The molecule has 94 valence electrons. The van der Waals surface area contributed by atoms with Gasteiger partial charge in [-0.3, -0.25) is 0 Å². The quantitative estimate of drug-likeness (QED) is 0.758. The summed E-state index contributed by atoms with van der Waals surface area (Å²) in [7, 11) is 0. The topological polar surface area (TPSA) is 38.0 Å². The Bertz CT molecular complexity index is 338. The average Bonchev–Trinajstić information content (AvgIpc) is 3.13. The molecule has 2 rings (SSSR count). The summed E-state index contributed by atoms with van der Waals surface area (Å²) in [5.74, 6) is 0. The fourth-order valence-electron chi connectivity index (χ4n) is 2.29. The third-order valence-corrected chi connectivity index (χ3v) is 3.99. The smallest absolute Gasteiger partial charge is 0.0205 e. The maximum atomic E-state index is 5.54. The maximum Gasteiger partial charge on any atom is 0.0205 e. The SMILES string of the molecule is CCC1(CNCc2ccc(CCN)cc2)CC1. The van der Waals surface area contributed by atoms with Gasteiger partial charge in [-0.2, -0.15) is 0 Å². The predicted molar refractivity (Wildman–Crippen MR) is 72.9 cm³/mol. The van der Waals surface area contributed by atoms with Crippen molar-refractivity contribution in [3.05, 3.63) is 35.4 Å². The Labute approximate surface area is 105 Å². The molecular formula is C15H24N2. The van der Waals surface area contributed by atoms with Gasteiger partial charge in [0.2, 0.25) is 0 Å². The molecule has 17 heavy (non-hydrogen) atoms. The standard InChI is InChI=1S/C15H24N2/c1-2-15(8-9-15)12-17-11-14-5-3-13(4-6-14)7-10-16/h3-6,17H,2,7-12,16H2,1H3. The molecule has 1 aromatic carbocycles. The van der Waals surface area contributed by atoms with Crippen LogP contribution in [-0.4, -0.2) is 13.1 Å². The van der Waals surface area contributed by atoms with Gasteiger partial charge in [-0.25, -0.2) is 0 Å². The summed E-state index contributed by atoms with van der Waals surface area (Å²) in [6.07, 6.45) is 5.11. The third-order valence-electron chi connectivity index (χ3n) is 3.99. The summed E-state index contributed by atoms with van der Waals surface area (Å²) in [6, 6.07) is 8.81. The number of rotatable bonds is 7. The van der Waals surface area contributed by atoms with E-state index >= 15 is 0 Å². The highest BCUT2D eigenvalue weighted by Gasteiger charge is 2.39. The molecule has 0 atom stereocenters. The van der Waals surface area contributed by atoms with Gasteiger partial charge in [-0.05, 0) is 48.8 Å². The first-order valence-electron chi connectivity index (χ1n) is 6.77. The average molecular weight is 232 g/mol. The summed E-state index contributed by atoms with van der Waals surface area (Å²) >= 11 is 0. The number of benzene rings is 1. The van der Waals surface area contributed by atoms with E-state index in [4.69, 9.17) is 5.73 Å². The Morgan fingerprint density at radius 2 is 1.82 bits per heavy atom. The minimum absolute atomic E-state index is 0.638. The Morgan fingerprint density at radius 3 is 2.35 bits per heavy atom. The Morgan fingerprint density at radius 1 is 1.18 bits per heavy atom. The van der Waals surface area contributed by atoms with Crippen molar-refractivity contribution < 1.29 is 0 Å². The molecule has 0 saturated heterocycles. The first-order chi connectivity index (χ1) is 8.28. The minimum atomic E-state index is 0.638. The molecule has 0 unspecified atom stereocenters. The molecule has 1 saturated carbocycles. The van der Waals surface area contributed by atoms with Gasteiger partial charge >= 0.3 is 0 Å². The van der Waals surface area contributed by atoms with Crippen molar-refractivity contribution >= 4 is 0 Å². The number of hydrogen-bond donors (Lipinski definition) is 2. The van der Waals surface area contributed by atoms with E-state index < -0.39 is 0 Å². The highest BCUT2D eigenvalue weighted by atomic mass is 14.9. The van der Waals surface area contributed by atoms with Gasteiger partial charge in [0.05, 0.1) is 0 Å². The summed E-state index contributed by atoms with van der Waals surface area (Å²) in [6.45, 7) is 5.20. The van der Waals surface area contributed by atoms with E-state index in [9.17, 15) is 0 Å². The van der Waals surface area contributed by atoms with Gasteiger partial charge in [0.25, 0.3) is 0 Å². The highest BCUT2D eigenvalue weighted by Crippen LogP contribution is 2.47. The molecule has 0 aliphatic heterocycles. The first-order valence-corrected chi connectivity index (χ1v) is 6.77. The molecule has 0 amide bonds. The first kappa shape index (κ1) is 12.6. The van der Waals surface area contributed by atoms with Crippen LogP contribution >= 0.6 is 0 Å². The fourth-order valence-corrected chi connectivity index (χ4v) is 2.29. The largest absolute Gasteiger partial charge is 0.330 e. The van der Waals surface area contributed by atoms with Crippen LogP contribution in [0.5, 0.6) is 0 Å². The van der Waals surface area contributed by atoms with Crippen LogP contribution < -0.4 is 11.1 Å². The van der Waals surface area contributed by atoms with Gasteiger partial charge in [0.1, 0.15) is 0 Å². The Balaban J connectivity index is 1.75. The second-order valence-electron chi connectivity index (χ2n) is 5.31. The van der Waals surface area contributed by atoms with Crippen molar-refractivity contribution in [2.75, 3.05) is 13.1 Å². The van der Waals surface area contributed by atoms with Crippen molar-refractivity contribution in [3.8, 4) is 0 Å². The number of nitrogens with one attached hydrogen (secondary N) is 1.